The van der Waals surface area contributed by atoms with Crippen LogP contribution in [0.3, 0.4) is 0 Å². The average molecular weight is 450 g/mol. The highest BCUT2D eigenvalue weighted by atomic mass is 32.2. The van der Waals surface area contributed by atoms with Gasteiger partial charge in [0.05, 0.1) is 12.4 Å². The summed E-state index contributed by atoms with van der Waals surface area (Å²) in [6.07, 6.45) is 7.32. The zero-order valence-corrected chi connectivity index (χ0v) is 19.3. The summed E-state index contributed by atoms with van der Waals surface area (Å²) in [6, 6.07) is 8.28. The van der Waals surface area contributed by atoms with Gasteiger partial charge in [0.1, 0.15) is 12.4 Å². The van der Waals surface area contributed by atoms with Gasteiger partial charge in [0, 0.05) is 25.4 Å². The third kappa shape index (κ3) is 11.7. The first-order valence-electron chi connectivity index (χ1n) is 11.0. The Kier molecular flexibility index (Phi) is 12.6. The van der Waals surface area contributed by atoms with Crippen LogP contribution < -0.4 is 15.4 Å². The van der Waals surface area contributed by atoms with Crippen molar-refractivity contribution in [1.29, 1.82) is 0 Å². The number of likely N-dealkylation sites (tertiary alicyclic amines) is 1. The molecule has 1 aliphatic heterocycles. The molecule has 1 saturated heterocycles. The molecule has 0 bridgehead atoms. The minimum absolute atomic E-state index is 0.0304. The zero-order chi connectivity index (χ0) is 22.2. The number of rotatable bonds is 13. The summed E-state index contributed by atoms with van der Waals surface area (Å²) in [7, 11) is 0. The Morgan fingerprint density at radius 2 is 2.00 bits per heavy atom. The maximum atomic E-state index is 11.8. The first-order valence-corrected chi connectivity index (χ1v) is 12.2. The molecule has 0 radical (unpaired) electrons. The monoisotopic (exact) mass is 449 g/mol. The molecule has 0 unspecified atom stereocenters. The molecule has 1 aliphatic rings. The smallest absolute Gasteiger partial charge is 0.407 e. The standard InChI is InChI=1S/C23H35N3O4S/c1-2-29-23(28)25-12-16-31-19-22(27)24-11-4-7-15-30-21-10-8-9-20(17-21)18-26-13-5-3-6-14-26/h4,7-10,17H,2-3,5-6,11-16,18-19H2,1H3,(H,24,27)(H,25,28)/b7-4-. The molecular formula is C23H35N3O4S. The van der Waals surface area contributed by atoms with Crippen LogP contribution in [0.5, 0.6) is 5.75 Å². The summed E-state index contributed by atoms with van der Waals surface area (Å²) >= 11 is 1.47. The fourth-order valence-electron chi connectivity index (χ4n) is 3.20. The molecule has 1 aromatic rings. The number of nitrogens with one attached hydrogen (secondary N) is 2. The van der Waals surface area contributed by atoms with Crippen molar-refractivity contribution in [3.8, 4) is 5.75 Å². The van der Waals surface area contributed by atoms with Gasteiger partial charge in [-0.2, -0.15) is 11.8 Å². The van der Waals surface area contributed by atoms with Crippen molar-refractivity contribution in [2.24, 2.45) is 0 Å². The normalized spacial score (nSPS) is 14.4. The fourth-order valence-corrected chi connectivity index (χ4v) is 3.88. The summed E-state index contributed by atoms with van der Waals surface area (Å²) in [4.78, 5) is 25.4. The Morgan fingerprint density at radius 1 is 1.16 bits per heavy atom. The van der Waals surface area contributed by atoms with Gasteiger partial charge >= 0.3 is 6.09 Å². The molecule has 0 aliphatic carbocycles. The van der Waals surface area contributed by atoms with E-state index in [9.17, 15) is 9.59 Å². The lowest BCUT2D eigenvalue weighted by Gasteiger charge is -2.26. The van der Waals surface area contributed by atoms with E-state index >= 15 is 0 Å². The first kappa shape index (κ1) is 25.1. The van der Waals surface area contributed by atoms with Gasteiger partial charge in [0.15, 0.2) is 0 Å². The highest BCUT2D eigenvalue weighted by Crippen LogP contribution is 2.17. The lowest BCUT2D eigenvalue weighted by Crippen LogP contribution is -2.29. The molecule has 0 atom stereocenters. The van der Waals surface area contributed by atoms with Gasteiger partial charge in [0.2, 0.25) is 5.91 Å². The largest absolute Gasteiger partial charge is 0.490 e. The minimum Gasteiger partial charge on any atom is -0.490 e. The minimum atomic E-state index is -0.423. The zero-order valence-electron chi connectivity index (χ0n) is 18.4. The summed E-state index contributed by atoms with van der Waals surface area (Å²) in [6.45, 7) is 6.88. The average Bonchev–Trinajstić information content (AvgIpc) is 2.77. The molecule has 8 heteroatoms. The van der Waals surface area contributed by atoms with E-state index in [2.05, 4.69) is 27.7 Å². The second kappa shape index (κ2) is 15.6. The lowest BCUT2D eigenvalue weighted by atomic mass is 10.1. The molecule has 7 nitrogen and oxygen atoms in total. The molecule has 172 valence electrons. The van der Waals surface area contributed by atoms with E-state index in [-0.39, 0.29) is 5.91 Å². The predicted molar refractivity (Wildman–Crippen MR) is 126 cm³/mol. The van der Waals surface area contributed by atoms with Gasteiger partial charge in [-0.05, 0) is 56.6 Å². The molecule has 2 N–H and O–H groups in total. The SMILES string of the molecule is CCOC(=O)NCCSCC(=O)NC/C=C\COc1cccc(CN2CCCCC2)c1. The van der Waals surface area contributed by atoms with Crippen molar-refractivity contribution in [3.05, 3.63) is 42.0 Å². The molecule has 2 rings (SSSR count). The molecule has 0 saturated carbocycles. The van der Waals surface area contributed by atoms with Crippen LogP contribution in [-0.4, -0.2) is 67.8 Å². The lowest BCUT2D eigenvalue weighted by molar-refractivity contribution is -0.118. The second-order valence-electron chi connectivity index (χ2n) is 7.27. The fraction of sp³-hybridized carbons (Fsp3) is 0.565. The quantitative estimate of drug-likeness (QED) is 0.356. The molecule has 0 aromatic heterocycles. The highest BCUT2D eigenvalue weighted by molar-refractivity contribution is 7.99. The van der Waals surface area contributed by atoms with Gasteiger partial charge in [-0.15, -0.1) is 0 Å². The van der Waals surface area contributed by atoms with Crippen LogP contribution in [0, 0.1) is 0 Å². The number of amides is 2. The molecule has 1 fully saturated rings. The number of hydrogen-bond donors (Lipinski definition) is 2. The Morgan fingerprint density at radius 3 is 2.81 bits per heavy atom. The summed E-state index contributed by atoms with van der Waals surface area (Å²) < 4.78 is 10.6. The number of ether oxygens (including phenoxy) is 2. The Labute approximate surface area is 189 Å². The van der Waals surface area contributed by atoms with Crippen molar-refractivity contribution in [2.45, 2.75) is 32.7 Å². The van der Waals surface area contributed by atoms with E-state index in [1.165, 1.54) is 49.7 Å². The number of hydrogen-bond acceptors (Lipinski definition) is 6. The third-order valence-corrected chi connectivity index (χ3v) is 5.67. The van der Waals surface area contributed by atoms with Crippen molar-refractivity contribution >= 4 is 23.8 Å². The third-order valence-electron chi connectivity index (χ3n) is 4.71. The molecule has 2 amide bonds. The van der Waals surface area contributed by atoms with Gasteiger partial charge in [-0.25, -0.2) is 4.79 Å². The molecule has 31 heavy (non-hydrogen) atoms. The van der Waals surface area contributed by atoms with Gasteiger partial charge in [-0.1, -0.05) is 24.6 Å². The van der Waals surface area contributed by atoms with Crippen molar-refractivity contribution in [1.82, 2.24) is 15.5 Å². The summed E-state index contributed by atoms with van der Waals surface area (Å²) in [5.74, 6) is 1.86. The predicted octanol–water partition coefficient (Wildman–Crippen LogP) is 3.20. The van der Waals surface area contributed by atoms with Crippen LogP contribution in [0.4, 0.5) is 4.79 Å². The van der Waals surface area contributed by atoms with Crippen LogP contribution >= 0.6 is 11.8 Å². The van der Waals surface area contributed by atoms with E-state index in [0.717, 1.165) is 12.3 Å². The van der Waals surface area contributed by atoms with Gasteiger partial charge < -0.3 is 20.1 Å². The van der Waals surface area contributed by atoms with Crippen LogP contribution in [0.25, 0.3) is 0 Å². The van der Waals surface area contributed by atoms with E-state index < -0.39 is 6.09 Å². The van der Waals surface area contributed by atoms with E-state index in [1.54, 1.807) is 6.92 Å². The second-order valence-corrected chi connectivity index (χ2v) is 8.38. The van der Waals surface area contributed by atoms with E-state index in [4.69, 9.17) is 9.47 Å². The summed E-state index contributed by atoms with van der Waals surface area (Å²) in [5.41, 5.74) is 1.28. The molecule has 0 spiro atoms. The summed E-state index contributed by atoms with van der Waals surface area (Å²) in [5, 5.41) is 5.46. The number of thioether (sulfide) groups is 1. The van der Waals surface area contributed by atoms with Crippen molar-refractivity contribution < 1.29 is 19.1 Å². The Bertz CT molecular complexity index is 693. The van der Waals surface area contributed by atoms with Crippen molar-refractivity contribution in [3.63, 3.8) is 0 Å². The number of alkyl carbamates (subject to hydrolysis) is 1. The molecular weight excluding hydrogens is 414 g/mol. The molecule has 1 aromatic carbocycles. The van der Waals surface area contributed by atoms with E-state index in [1.807, 2.05) is 24.3 Å². The maximum Gasteiger partial charge on any atom is 0.407 e. The van der Waals surface area contributed by atoms with E-state index in [0.29, 0.717) is 37.8 Å². The number of carbonyl (C=O) groups is 2. The van der Waals surface area contributed by atoms with Crippen LogP contribution in [0.2, 0.25) is 0 Å². The van der Waals surface area contributed by atoms with Crippen LogP contribution in [0.1, 0.15) is 31.7 Å². The number of piperidine rings is 1. The van der Waals surface area contributed by atoms with Crippen LogP contribution in [0.15, 0.2) is 36.4 Å². The number of benzene rings is 1. The maximum absolute atomic E-state index is 11.8. The topological polar surface area (TPSA) is 79.9 Å². The Balaban J connectivity index is 1.52. The van der Waals surface area contributed by atoms with Gasteiger partial charge in [0.25, 0.3) is 0 Å². The number of carbonyl (C=O) groups excluding carboxylic acids is 2. The number of nitrogens with zero attached hydrogens (tertiary/aromatic N) is 1. The first-order chi connectivity index (χ1) is 15.2. The molecule has 1 heterocycles. The van der Waals surface area contributed by atoms with Gasteiger partial charge in [-0.3, -0.25) is 9.69 Å². The Hall–Kier alpha value is -2.19. The van der Waals surface area contributed by atoms with Crippen molar-refractivity contribution in [2.75, 3.05) is 50.9 Å². The highest BCUT2D eigenvalue weighted by Gasteiger charge is 2.10. The van der Waals surface area contributed by atoms with Crippen LogP contribution in [-0.2, 0) is 16.1 Å².